The van der Waals surface area contributed by atoms with Gasteiger partial charge >= 0.3 is 371 Å². The van der Waals surface area contributed by atoms with Crippen LogP contribution in [0, 0.1) is 23.3 Å². The van der Waals surface area contributed by atoms with Crippen molar-refractivity contribution in [1.29, 1.82) is 0 Å². The molecule has 10 nitrogen and oxygen atoms in total. The van der Waals surface area contributed by atoms with Crippen molar-refractivity contribution in [2.45, 2.75) is 39.6 Å². The fourth-order valence-electron chi connectivity index (χ4n) is 7.37. The van der Waals surface area contributed by atoms with E-state index in [2.05, 4.69) is 0 Å². The van der Waals surface area contributed by atoms with Crippen molar-refractivity contribution in [3.05, 3.63) is 166 Å². The topological polar surface area (TPSA) is 108 Å². The Morgan fingerprint density at radius 1 is 0.419 bits per heavy atom. The zero-order chi connectivity index (χ0) is 43.2. The molecule has 18 heteroatoms. The summed E-state index contributed by atoms with van der Waals surface area (Å²) >= 11 is -10.1. The Morgan fingerprint density at radius 3 is 1.15 bits per heavy atom. The van der Waals surface area contributed by atoms with Gasteiger partial charge in [-0.2, -0.15) is 0 Å². The van der Waals surface area contributed by atoms with E-state index in [1.807, 2.05) is 42.5 Å². The van der Waals surface area contributed by atoms with Crippen LogP contribution < -0.4 is 36.2 Å². The Balaban J connectivity index is 0.000000109. The first kappa shape index (κ1) is 43.3. The fourth-order valence-corrected chi connectivity index (χ4v) is 22.9. The second-order valence-electron chi connectivity index (χ2n) is 14.0. The van der Waals surface area contributed by atoms with Crippen molar-refractivity contribution in [3.63, 3.8) is 0 Å². The number of hydrogen-bond donors (Lipinski definition) is 0. The van der Waals surface area contributed by atoms with Gasteiger partial charge in [-0.05, 0) is 0 Å². The van der Waals surface area contributed by atoms with Gasteiger partial charge in [-0.1, -0.05) is 0 Å². The van der Waals surface area contributed by atoms with Crippen LogP contribution in [0.3, 0.4) is 0 Å². The van der Waals surface area contributed by atoms with Gasteiger partial charge in [0, 0.05) is 0 Å². The molecule has 6 aromatic rings. The van der Waals surface area contributed by atoms with Crippen molar-refractivity contribution in [3.8, 4) is 11.5 Å². The van der Waals surface area contributed by atoms with Crippen LogP contribution in [0.5, 0.6) is 11.5 Å². The van der Waals surface area contributed by atoms with E-state index in [0.717, 1.165) is 67.2 Å². The first-order valence-corrected chi connectivity index (χ1v) is 29.6. The van der Waals surface area contributed by atoms with Crippen LogP contribution in [0.4, 0.5) is 17.6 Å². The Labute approximate surface area is 368 Å². The van der Waals surface area contributed by atoms with Gasteiger partial charge in [-0.3, -0.25) is 0 Å². The minimum absolute atomic E-state index is 0.227. The molecule has 6 aliphatic rings. The Bertz CT molecular complexity index is 2720. The van der Waals surface area contributed by atoms with Crippen LogP contribution in [-0.4, -0.2) is 69.6 Å². The molecule has 0 N–H and O–H groups in total. The van der Waals surface area contributed by atoms with E-state index in [1.165, 1.54) is 48.5 Å². The molecular weight excluding hydrogens is 1080 g/mol. The van der Waals surface area contributed by atoms with Gasteiger partial charge in [0.1, 0.15) is 0 Å². The molecule has 12 rings (SSSR count). The standard InChI is InChI=1S/C15H13FO3Se.C14H10F2O2Se.C8H8O3Se.C7H5FO2Se/c1-17-13-3-5-15-11(7-13)9-19-20(15)14-4-2-12(16)6-10(14)8-18-20;15-11-1-3-13-9(5-11)7-17-19(13)14-4-2-12(16)6-10(14)8-18-19;1-10-7-2-3-8-6(4-7)5-11-12(8)9;8-6-1-2-7-5(3-6)4-10-11(7)9/h2-7H,8-9H2,1H3;1-6H,7-8H2;2-4H,5H2,1H3;1-3H,4H2. The molecule has 0 aliphatic carbocycles. The number of ether oxygens (including phenoxy) is 2. The van der Waals surface area contributed by atoms with Crippen molar-refractivity contribution >= 4 is 82.1 Å². The minimum atomic E-state index is -2.90. The third-order valence-corrected chi connectivity index (χ3v) is 26.9. The summed E-state index contributed by atoms with van der Waals surface area (Å²) in [7, 11) is 3.26. The molecule has 0 amide bonds. The van der Waals surface area contributed by atoms with Crippen molar-refractivity contribution < 1.29 is 57.6 Å². The van der Waals surface area contributed by atoms with E-state index < -0.39 is 55.3 Å². The van der Waals surface area contributed by atoms with E-state index in [1.54, 1.807) is 32.4 Å². The molecule has 3 atom stereocenters. The van der Waals surface area contributed by atoms with Gasteiger partial charge in [-0.15, -0.1) is 0 Å². The average Bonchev–Trinajstić information content (AvgIpc) is 4.15. The first-order chi connectivity index (χ1) is 30.0. The maximum atomic E-state index is 13.3. The van der Waals surface area contributed by atoms with Gasteiger partial charge in [0.15, 0.2) is 0 Å². The summed E-state index contributed by atoms with van der Waals surface area (Å²) in [5.74, 6) is 0.543. The van der Waals surface area contributed by atoms with Crippen molar-refractivity contribution in [2.75, 3.05) is 14.2 Å². The summed E-state index contributed by atoms with van der Waals surface area (Å²) in [6.07, 6.45) is 0. The molecule has 6 heterocycles. The van der Waals surface area contributed by atoms with E-state index in [0.29, 0.717) is 44.1 Å². The van der Waals surface area contributed by atoms with Crippen LogP contribution >= 0.6 is 0 Å². The third-order valence-electron chi connectivity index (χ3n) is 10.3. The summed E-state index contributed by atoms with van der Waals surface area (Å²) in [5, 5.41) is 0. The number of hydrogen-bond acceptors (Lipinski definition) is 10. The fraction of sp³-hybridized carbons (Fsp3) is 0.182. The molecule has 3 unspecified atom stereocenters. The first-order valence-electron chi connectivity index (χ1n) is 18.8. The van der Waals surface area contributed by atoms with Gasteiger partial charge < -0.3 is 0 Å². The van der Waals surface area contributed by atoms with E-state index in [4.69, 9.17) is 32.4 Å². The van der Waals surface area contributed by atoms with Crippen LogP contribution in [0.2, 0.25) is 0 Å². The Hall–Kier alpha value is -3.92. The SMILES string of the molecule is COc1ccc2c(c1)CO[Se]21OCc2cc(F)ccc21.COc1ccc2c(c1)CO[Se]2=O.Fc1ccc2c(c1)CO[Se]21OCc2cc(F)ccc21.O=[Se]1OCc2cc(F)ccc21. The van der Waals surface area contributed by atoms with Crippen LogP contribution in [0.25, 0.3) is 0 Å². The summed E-state index contributed by atoms with van der Waals surface area (Å²) in [6, 6.07) is 29.8. The second kappa shape index (κ2) is 17.9. The molecule has 0 bridgehead atoms. The molecule has 324 valence electrons. The summed E-state index contributed by atoms with van der Waals surface area (Å²) in [6.45, 7) is 2.44. The molecule has 6 aromatic carbocycles. The number of benzene rings is 6. The molecule has 0 aromatic heterocycles. The third kappa shape index (κ3) is 8.20. The predicted octanol–water partition coefficient (Wildman–Crippen LogP) is 3.87. The van der Waals surface area contributed by atoms with E-state index >= 15 is 0 Å². The number of methoxy groups -OCH3 is 2. The number of rotatable bonds is 2. The van der Waals surface area contributed by atoms with Crippen LogP contribution in [0.1, 0.15) is 33.4 Å². The molecule has 0 saturated carbocycles. The van der Waals surface area contributed by atoms with Gasteiger partial charge in [0.05, 0.1) is 0 Å². The molecule has 62 heavy (non-hydrogen) atoms. The zero-order valence-corrected chi connectivity index (χ0v) is 39.7. The van der Waals surface area contributed by atoms with Gasteiger partial charge in [0.25, 0.3) is 0 Å². The van der Waals surface area contributed by atoms with E-state index in [-0.39, 0.29) is 23.3 Å². The second-order valence-corrected chi connectivity index (χ2v) is 28.7. The molecule has 0 fully saturated rings. The summed E-state index contributed by atoms with van der Waals surface area (Å²) < 4.78 is 125. The predicted molar refractivity (Wildman–Crippen MR) is 223 cm³/mol. The van der Waals surface area contributed by atoms with Crippen molar-refractivity contribution in [2.24, 2.45) is 0 Å². The molecule has 0 radical (unpaired) electrons. The van der Waals surface area contributed by atoms with E-state index in [9.17, 15) is 25.2 Å². The van der Waals surface area contributed by atoms with Crippen molar-refractivity contribution in [1.82, 2.24) is 0 Å². The maximum absolute atomic E-state index is 13.3. The molecule has 6 aliphatic heterocycles. The van der Waals surface area contributed by atoms with Crippen LogP contribution in [-0.2, 0) is 70.2 Å². The summed E-state index contributed by atoms with van der Waals surface area (Å²) in [5.41, 5.74) is 5.43. The Kier molecular flexibility index (Phi) is 12.5. The normalized spacial score (nSPS) is 22.5. The Morgan fingerprint density at radius 2 is 0.726 bits per heavy atom. The number of fused-ring (bicyclic) bond motifs is 10. The zero-order valence-electron chi connectivity index (χ0n) is 32.9. The molecule has 0 saturated heterocycles. The quantitative estimate of drug-likeness (QED) is 0.188. The summed E-state index contributed by atoms with van der Waals surface area (Å²) in [4.78, 5) is 0. The molecular formula is C44H36F4O10Se4. The van der Waals surface area contributed by atoms with Gasteiger partial charge in [0.2, 0.25) is 0 Å². The number of halogens is 4. The monoisotopic (exact) mass is 1120 g/mol. The van der Waals surface area contributed by atoms with Gasteiger partial charge in [-0.25, -0.2) is 0 Å². The molecule has 2 spiro atoms. The van der Waals surface area contributed by atoms with Crippen LogP contribution in [0.15, 0.2) is 109 Å². The average molecular weight is 1120 g/mol.